The monoisotopic (exact) mass is 233 g/mol. The Morgan fingerprint density at radius 3 is 2.47 bits per heavy atom. The normalized spacial score (nSPS) is 15.4. The number of benzene rings is 1. The van der Waals surface area contributed by atoms with Crippen LogP contribution in [0.4, 0.5) is 0 Å². The summed E-state index contributed by atoms with van der Waals surface area (Å²) in [5.74, 6) is 0.123. The predicted molar refractivity (Wildman–Crippen MR) is 66.9 cm³/mol. The van der Waals surface area contributed by atoms with E-state index in [0.717, 1.165) is 12.8 Å². The molecule has 0 unspecified atom stereocenters. The second-order valence-electron chi connectivity index (χ2n) is 4.47. The minimum Gasteiger partial charge on any atom is -0.377 e. The quantitative estimate of drug-likeness (QED) is 0.840. The first-order valence-electron chi connectivity index (χ1n) is 6.23. The molecule has 2 rings (SSSR count). The van der Waals surface area contributed by atoms with Gasteiger partial charge in [-0.3, -0.25) is 4.79 Å². The second-order valence-corrected chi connectivity index (χ2v) is 4.47. The van der Waals surface area contributed by atoms with Gasteiger partial charge in [0.25, 0.3) is 0 Å². The van der Waals surface area contributed by atoms with Crippen molar-refractivity contribution in [2.45, 2.75) is 32.2 Å². The van der Waals surface area contributed by atoms with Crippen LogP contribution in [0.15, 0.2) is 24.3 Å². The Balaban J connectivity index is 1.74. The molecule has 3 nitrogen and oxygen atoms in total. The smallest absolute Gasteiger partial charge is 0.220 e. The van der Waals surface area contributed by atoms with Gasteiger partial charge in [0.2, 0.25) is 5.91 Å². The Morgan fingerprint density at radius 2 is 1.94 bits per heavy atom. The van der Waals surface area contributed by atoms with Gasteiger partial charge in [-0.15, -0.1) is 0 Å². The molecule has 1 N–H and O–H groups in total. The molecular formula is C14H19NO2. The Labute approximate surface area is 102 Å². The molecular weight excluding hydrogens is 214 g/mol. The van der Waals surface area contributed by atoms with E-state index in [0.29, 0.717) is 19.6 Å². The summed E-state index contributed by atoms with van der Waals surface area (Å²) in [6.07, 6.45) is 2.42. The maximum atomic E-state index is 11.6. The molecule has 1 saturated heterocycles. The molecule has 3 heteroatoms. The van der Waals surface area contributed by atoms with Crippen molar-refractivity contribution in [3.63, 3.8) is 0 Å². The van der Waals surface area contributed by atoms with Crippen molar-refractivity contribution in [1.29, 1.82) is 0 Å². The van der Waals surface area contributed by atoms with E-state index in [4.69, 9.17) is 4.74 Å². The first-order valence-corrected chi connectivity index (χ1v) is 6.23. The lowest BCUT2D eigenvalue weighted by molar-refractivity contribution is -0.125. The standard InChI is InChI=1S/C14H19NO2/c1-2-11-3-5-12(6-4-11)7-8-14(16)15-13-9-17-10-13/h3-6,13H,2,7-10H2,1H3,(H,15,16). The van der Waals surface area contributed by atoms with Gasteiger partial charge >= 0.3 is 0 Å². The Morgan fingerprint density at radius 1 is 1.29 bits per heavy atom. The summed E-state index contributed by atoms with van der Waals surface area (Å²) in [7, 11) is 0. The zero-order valence-corrected chi connectivity index (χ0v) is 10.2. The first-order chi connectivity index (χ1) is 8.28. The molecule has 17 heavy (non-hydrogen) atoms. The summed E-state index contributed by atoms with van der Waals surface area (Å²) >= 11 is 0. The van der Waals surface area contributed by atoms with E-state index < -0.39 is 0 Å². The summed E-state index contributed by atoms with van der Waals surface area (Å²) in [5.41, 5.74) is 2.56. The van der Waals surface area contributed by atoms with Crippen molar-refractivity contribution in [3.8, 4) is 0 Å². The molecule has 0 aliphatic carbocycles. The van der Waals surface area contributed by atoms with Gasteiger partial charge in [0.15, 0.2) is 0 Å². The van der Waals surface area contributed by atoms with Crippen LogP contribution in [0.25, 0.3) is 0 Å². The molecule has 0 aromatic heterocycles. The fourth-order valence-corrected chi connectivity index (χ4v) is 1.82. The molecule has 0 radical (unpaired) electrons. The largest absolute Gasteiger partial charge is 0.377 e. The lowest BCUT2D eigenvalue weighted by Crippen LogP contribution is -2.48. The first kappa shape index (κ1) is 12.1. The lowest BCUT2D eigenvalue weighted by atomic mass is 10.1. The average molecular weight is 233 g/mol. The molecule has 1 aromatic rings. The molecule has 0 bridgehead atoms. The zero-order valence-electron chi connectivity index (χ0n) is 10.2. The fraction of sp³-hybridized carbons (Fsp3) is 0.500. The van der Waals surface area contributed by atoms with Crippen molar-refractivity contribution in [3.05, 3.63) is 35.4 Å². The van der Waals surface area contributed by atoms with Crippen LogP contribution >= 0.6 is 0 Å². The van der Waals surface area contributed by atoms with Gasteiger partial charge in [0, 0.05) is 6.42 Å². The highest BCUT2D eigenvalue weighted by Gasteiger charge is 2.19. The topological polar surface area (TPSA) is 38.3 Å². The van der Waals surface area contributed by atoms with Crippen LogP contribution in [0.3, 0.4) is 0 Å². The van der Waals surface area contributed by atoms with E-state index in [1.54, 1.807) is 0 Å². The Bertz CT molecular complexity index is 368. The van der Waals surface area contributed by atoms with E-state index in [1.807, 2.05) is 0 Å². The third kappa shape index (κ3) is 3.56. The molecule has 1 heterocycles. The summed E-state index contributed by atoms with van der Waals surface area (Å²) in [6.45, 7) is 3.47. The summed E-state index contributed by atoms with van der Waals surface area (Å²) in [6, 6.07) is 8.72. The predicted octanol–water partition coefficient (Wildman–Crippen LogP) is 1.70. The summed E-state index contributed by atoms with van der Waals surface area (Å²) < 4.78 is 5.01. The highest BCUT2D eigenvalue weighted by molar-refractivity contribution is 5.76. The van der Waals surface area contributed by atoms with Gasteiger partial charge in [-0.1, -0.05) is 31.2 Å². The van der Waals surface area contributed by atoms with Crippen molar-refractivity contribution in [1.82, 2.24) is 5.32 Å². The number of nitrogens with one attached hydrogen (secondary N) is 1. The van der Waals surface area contributed by atoms with Crippen molar-refractivity contribution in [2.24, 2.45) is 0 Å². The molecule has 1 aliphatic heterocycles. The van der Waals surface area contributed by atoms with Crippen LogP contribution < -0.4 is 5.32 Å². The van der Waals surface area contributed by atoms with Crippen LogP contribution in [0.5, 0.6) is 0 Å². The zero-order chi connectivity index (χ0) is 12.1. The van der Waals surface area contributed by atoms with E-state index >= 15 is 0 Å². The van der Waals surface area contributed by atoms with Gasteiger partial charge in [0.05, 0.1) is 19.3 Å². The molecule has 1 fully saturated rings. The van der Waals surface area contributed by atoms with Gasteiger partial charge in [-0.25, -0.2) is 0 Å². The van der Waals surface area contributed by atoms with Crippen molar-refractivity contribution < 1.29 is 9.53 Å². The highest BCUT2D eigenvalue weighted by atomic mass is 16.5. The van der Waals surface area contributed by atoms with Crippen molar-refractivity contribution in [2.75, 3.05) is 13.2 Å². The molecule has 0 saturated carbocycles. The summed E-state index contributed by atoms with van der Waals surface area (Å²) in [5, 5.41) is 2.95. The van der Waals surface area contributed by atoms with Gasteiger partial charge in [0.1, 0.15) is 0 Å². The van der Waals surface area contributed by atoms with Crippen LogP contribution in [0.1, 0.15) is 24.5 Å². The number of ether oxygens (including phenoxy) is 1. The minimum absolute atomic E-state index is 0.123. The van der Waals surface area contributed by atoms with E-state index in [1.165, 1.54) is 11.1 Å². The maximum Gasteiger partial charge on any atom is 0.220 e. The maximum absolute atomic E-state index is 11.6. The van der Waals surface area contributed by atoms with Gasteiger partial charge < -0.3 is 10.1 Å². The molecule has 0 atom stereocenters. The summed E-state index contributed by atoms with van der Waals surface area (Å²) in [4.78, 5) is 11.6. The number of hydrogen-bond donors (Lipinski definition) is 1. The third-order valence-corrected chi connectivity index (χ3v) is 3.08. The van der Waals surface area contributed by atoms with E-state index in [9.17, 15) is 4.79 Å². The molecule has 1 aliphatic rings. The molecule has 92 valence electrons. The number of carbonyl (C=O) groups excluding carboxylic acids is 1. The fourth-order valence-electron chi connectivity index (χ4n) is 1.82. The van der Waals surface area contributed by atoms with Crippen LogP contribution in [-0.4, -0.2) is 25.2 Å². The average Bonchev–Trinajstić information content (AvgIpc) is 2.32. The molecule has 1 aromatic carbocycles. The molecule has 0 spiro atoms. The lowest BCUT2D eigenvalue weighted by Gasteiger charge is -2.26. The highest BCUT2D eigenvalue weighted by Crippen LogP contribution is 2.08. The van der Waals surface area contributed by atoms with E-state index in [2.05, 4.69) is 36.5 Å². The van der Waals surface area contributed by atoms with Crippen LogP contribution in [-0.2, 0) is 22.4 Å². The van der Waals surface area contributed by atoms with Crippen LogP contribution in [0, 0.1) is 0 Å². The number of carbonyl (C=O) groups is 1. The third-order valence-electron chi connectivity index (χ3n) is 3.08. The van der Waals surface area contributed by atoms with Gasteiger partial charge in [-0.2, -0.15) is 0 Å². The van der Waals surface area contributed by atoms with E-state index in [-0.39, 0.29) is 11.9 Å². The minimum atomic E-state index is 0.123. The SMILES string of the molecule is CCc1ccc(CCC(=O)NC2COC2)cc1. The number of hydrogen-bond acceptors (Lipinski definition) is 2. The van der Waals surface area contributed by atoms with Crippen molar-refractivity contribution >= 4 is 5.91 Å². The Hall–Kier alpha value is -1.35. The Kier molecular flexibility index (Phi) is 4.15. The second kappa shape index (κ2) is 5.82. The van der Waals surface area contributed by atoms with Gasteiger partial charge in [-0.05, 0) is 24.0 Å². The van der Waals surface area contributed by atoms with Crippen LogP contribution in [0.2, 0.25) is 0 Å². The number of rotatable bonds is 5. The number of aryl methyl sites for hydroxylation is 2. The molecule has 1 amide bonds. The number of amides is 1.